The molecule has 0 aliphatic carbocycles. The summed E-state index contributed by atoms with van der Waals surface area (Å²) in [4.78, 5) is 18.1. The van der Waals surface area contributed by atoms with E-state index in [4.69, 9.17) is 5.73 Å². The van der Waals surface area contributed by atoms with Crippen LogP contribution in [0.25, 0.3) is 0 Å². The number of nitrogens with one attached hydrogen (secondary N) is 1. The number of hydrogen-bond donors (Lipinski definition) is 3. The lowest BCUT2D eigenvalue weighted by atomic mass is 9.86. The minimum Gasteiger partial charge on any atom is -0.370 e. The molecule has 3 aliphatic rings. The van der Waals surface area contributed by atoms with E-state index in [0.29, 0.717) is 12.4 Å². The molecule has 6 nitrogen and oxygen atoms in total. The SMILES string of the molecule is CCC1([C@@H]2CC(=O)N(C)C(N)=N2)CC(C2=CC=CC(O)N2)=CS1. The summed E-state index contributed by atoms with van der Waals surface area (Å²) >= 11 is 1.72. The summed E-state index contributed by atoms with van der Waals surface area (Å²) in [7, 11) is 1.66. The Morgan fingerprint density at radius 2 is 2.39 bits per heavy atom. The first kappa shape index (κ1) is 16.1. The van der Waals surface area contributed by atoms with Gasteiger partial charge in [-0.3, -0.25) is 9.69 Å². The number of aliphatic hydroxyl groups is 1. The summed E-state index contributed by atoms with van der Waals surface area (Å²) in [5.41, 5.74) is 7.97. The molecule has 23 heavy (non-hydrogen) atoms. The molecule has 2 unspecified atom stereocenters. The summed E-state index contributed by atoms with van der Waals surface area (Å²) in [6.07, 6.45) is 6.92. The standard InChI is InChI=1S/C16H22N4O2S/c1-3-16(12-7-14(22)20(2)15(17)19-12)8-10(9-23-16)11-5-4-6-13(21)18-11/h4-6,9,12-13,18,21H,3,7-8H2,1-2H3,(H2,17,19)/t12-,13?,16?/m0/s1. The topological polar surface area (TPSA) is 91.0 Å². The summed E-state index contributed by atoms with van der Waals surface area (Å²) in [5, 5.41) is 14.9. The molecule has 124 valence electrons. The van der Waals surface area contributed by atoms with Crippen LogP contribution in [0.15, 0.2) is 39.9 Å². The average Bonchev–Trinajstić information content (AvgIpc) is 2.98. The van der Waals surface area contributed by atoms with Crippen molar-refractivity contribution in [3.05, 3.63) is 34.9 Å². The Bertz CT molecular complexity index is 640. The second-order valence-electron chi connectivity index (χ2n) is 6.07. The molecular formula is C16H22N4O2S. The van der Waals surface area contributed by atoms with Crippen molar-refractivity contribution in [1.82, 2.24) is 10.2 Å². The number of aliphatic imine (C=N–C) groups is 1. The maximum Gasteiger partial charge on any atom is 0.231 e. The van der Waals surface area contributed by atoms with Crippen LogP contribution in [0.2, 0.25) is 0 Å². The Labute approximate surface area is 140 Å². The van der Waals surface area contributed by atoms with E-state index in [1.165, 1.54) is 4.90 Å². The highest BCUT2D eigenvalue weighted by Gasteiger charge is 2.45. The summed E-state index contributed by atoms with van der Waals surface area (Å²) in [6, 6.07) is -0.125. The van der Waals surface area contributed by atoms with Gasteiger partial charge in [0.15, 0.2) is 5.96 Å². The molecule has 0 aromatic heterocycles. The molecule has 4 N–H and O–H groups in total. The molecule has 3 heterocycles. The maximum absolute atomic E-state index is 12.1. The van der Waals surface area contributed by atoms with E-state index >= 15 is 0 Å². The summed E-state index contributed by atoms with van der Waals surface area (Å²) in [5.74, 6) is 0.305. The number of thioether (sulfide) groups is 1. The van der Waals surface area contributed by atoms with Crippen LogP contribution in [0.3, 0.4) is 0 Å². The zero-order chi connectivity index (χ0) is 16.6. The molecule has 0 spiro atoms. The lowest BCUT2D eigenvalue weighted by Crippen LogP contribution is -2.50. The predicted molar refractivity (Wildman–Crippen MR) is 92.5 cm³/mol. The van der Waals surface area contributed by atoms with Gasteiger partial charge in [-0.25, -0.2) is 4.99 Å². The minimum atomic E-state index is -0.656. The number of carbonyl (C=O) groups is 1. The van der Waals surface area contributed by atoms with Gasteiger partial charge in [0.2, 0.25) is 5.91 Å². The van der Waals surface area contributed by atoms with E-state index in [0.717, 1.165) is 24.1 Å². The zero-order valence-electron chi connectivity index (χ0n) is 13.3. The predicted octanol–water partition coefficient (Wildman–Crippen LogP) is 1.06. The first-order valence-electron chi connectivity index (χ1n) is 7.75. The smallest absolute Gasteiger partial charge is 0.231 e. The molecule has 3 rings (SSSR count). The quantitative estimate of drug-likeness (QED) is 0.718. The lowest BCUT2D eigenvalue weighted by Gasteiger charge is -2.37. The Morgan fingerprint density at radius 1 is 1.61 bits per heavy atom. The summed E-state index contributed by atoms with van der Waals surface area (Å²) in [6.45, 7) is 2.12. The van der Waals surface area contributed by atoms with Crippen molar-refractivity contribution in [2.75, 3.05) is 7.05 Å². The van der Waals surface area contributed by atoms with Crippen molar-refractivity contribution in [2.45, 2.75) is 43.2 Å². The van der Waals surface area contributed by atoms with Crippen LogP contribution in [-0.2, 0) is 4.79 Å². The lowest BCUT2D eigenvalue weighted by molar-refractivity contribution is -0.127. The fourth-order valence-corrected chi connectivity index (χ4v) is 4.42. The van der Waals surface area contributed by atoms with Crippen LogP contribution < -0.4 is 11.1 Å². The van der Waals surface area contributed by atoms with Crippen molar-refractivity contribution in [2.24, 2.45) is 10.7 Å². The first-order chi connectivity index (χ1) is 10.9. The number of amides is 1. The van der Waals surface area contributed by atoms with Crippen LogP contribution >= 0.6 is 11.8 Å². The monoisotopic (exact) mass is 334 g/mol. The maximum atomic E-state index is 12.1. The zero-order valence-corrected chi connectivity index (χ0v) is 14.1. The molecule has 0 saturated carbocycles. The van der Waals surface area contributed by atoms with Gasteiger partial charge in [-0.1, -0.05) is 13.0 Å². The molecule has 3 atom stereocenters. The van der Waals surface area contributed by atoms with Gasteiger partial charge in [-0.05, 0) is 36.0 Å². The van der Waals surface area contributed by atoms with E-state index in [2.05, 4.69) is 22.6 Å². The second kappa shape index (κ2) is 6.05. The van der Waals surface area contributed by atoms with Crippen LogP contribution in [0, 0.1) is 0 Å². The van der Waals surface area contributed by atoms with Crippen molar-refractivity contribution in [1.29, 1.82) is 0 Å². The van der Waals surface area contributed by atoms with Gasteiger partial charge in [0.25, 0.3) is 0 Å². The number of carbonyl (C=O) groups excluding carboxylic acids is 1. The van der Waals surface area contributed by atoms with Crippen LogP contribution in [-0.4, -0.2) is 45.9 Å². The Morgan fingerprint density at radius 3 is 3.04 bits per heavy atom. The molecule has 1 amide bonds. The molecule has 0 aromatic carbocycles. The number of rotatable bonds is 3. The Kier molecular flexibility index (Phi) is 4.25. The van der Waals surface area contributed by atoms with Crippen molar-refractivity contribution >= 4 is 23.6 Å². The van der Waals surface area contributed by atoms with Gasteiger partial charge in [0.05, 0.1) is 12.5 Å². The van der Waals surface area contributed by atoms with Crippen molar-refractivity contribution in [3.8, 4) is 0 Å². The molecule has 0 radical (unpaired) electrons. The first-order valence-corrected chi connectivity index (χ1v) is 8.63. The van der Waals surface area contributed by atoms with Gasteiger partial charge < -0.3 is 16.2 Å². The highest BCUT2D eigenvalue weighted by atomic mass is 32.2. The highest BCUT2D eigenvalue weighted by Crippen LogP contribution is 2.49. The van der Waals surface area contributed by atoms with Gasteiger partial charge in [-0.15, -0.1) is 11.8 Å². The Hall–Kier alpha value is -1.73. The minimum absolute atomic E-state index is 0.0118. The highest BCUT2D eigenvalue weighted by molar-refractivity contribution is 8.03. The number of dihydropyridines is 1. The molecule has 0 bridgehead atoms. The summed E-state index contributed by atoms with van der Waals surface area (Å²) < 4.78 is -0.161. The van der Waals surface area contributed by atoms with E-state index in [1.807, 2.05) is 12.2 Å². The fraction of sp³-hybridized carbons (Fsp3) is 0.500. The number of nitrogens with zero attached hydrogens (tertiary/aromatic N) is 2. The molecular weight excluding hydrogens is 312 g/mol. The van der Waals surface area contributed by atoms with Gasteiger partial charge in [0, 0.05) is 17.5 Å². The van der Waals surface area contributed by atoms with Gasteiger partial charge in [-0.2, -0.15) is 0 Å². The van der Waals surface area contributed by atoms with Crippen molar-refractivity contribution in [3.63, 3.8) is 0 Å². The number of aliphatic hydroxyl groups excluding tert-OH is 1. The van der Waals surface area contributed by atoms with E-state index in [1.54, 1.807) is 24.9 Å². The molecule has 0 fully saturated rings. The van der Waals surface area contributed by atoms with Gasteiger partial charge >= 0.3 is 0 Å². The van der Waals surface area contributed by atoms with Crippen molar-refractivity contribution < 1.29 is 9.90 Å². The Balaban J connectivity index is 1.81. The number of hydrogen-bond acceptors (Lipinski definition) is 6. The average molecular weight is 334 g/mol. The normalized spacial score (nSPS) is 34.0. The molecule has 0 aromatic rings. The number of guanidine groups is 1. The number of nitrogens with two attached hydrogens (primary N) is 1. The van der Waals surface area contributed by atoms with Crippen LogP contribution in [0.5, 0.6) is 0 Å². The molecule has 7 heteroatoms. The van der Waals surface area contributed by atoms with E-state index < -0.39 is 6.23 Å². The molecule has 0 saturated heterocycles. The molecule has 3 aliphatic heterocycles. The van der Waals surface area contributed by atoms with Crippen LogP contribution in [0.1, 0.15) is 26.2 Å². The fourth-order valence-electron chi connectivity index (χ4n) is 3.13. The second-order valence-corrected chi connectivity index (χ2v) is 7.35. The largest absolute Gasteiger partial charge is 0.370 e. The third-order valence-electron chi connectivity index (χ3n) is 4.71. The van der Waals surface area contributed by atoms with Crippen LogP contribution in [0.4, 0.5) is 0 Å². The van der Waals surface area contributed by atoms with Gasteiger partial charge in [0.1, 0.15) is 6.23 Å². The third-order valence-corrected chi connectivity index (χ3v) is 6.29. The third kappa shape index (κ3) is 2.90. The van der Waals surface area contributed by atoms with E-state index in [-0.39, 0.29) is 16.7 Å². The van der Waals surface area contributed by atoms with E-state index in [9.17, 15) is 9.90 Å². The number of allylic oxidation sites excluding steroid dienone is 3.